The smallest absolute Gasteiger partial charge is 0.305 e. The van der Waals surface area contributed by atoms with Gasteiger partial charge in [0.2, 0.25) is 12.4 Å². The quantitative estimate of drug-likeness (QED) is 0.181. The molecule has 19 nitrogen and oxygen atoms in total. The van der Waals surface area contributed by atoms with Crippen LogP contribution in [0.15, 0.2) is 0 Å². The highest BCUT2D eigenvalue weighted by Crippen LogP contribution is 2.35. The number of rotatable bonds is 12. The van der Waals surface area contributed by atoms with E-state index in [1.165, 1.54) is 0 Å². The molecule has 10 atom stereocenters. The third-order valence-corrected chi connectivity index (χ3v) is 6.17. The highest BCUT2D eigenvalue weighted by atomic mass is 16.8. The topological polar surface area (TPSA) is 238 Å². The Balaban J connectivity index is 2.73. The summed E-state index contributed by atoms with van der Waals surface area (Å²) in [6.07, 6.45) is -16.3. The van der Waals surface area contributed by atoms with Crippen LogP contribution in [0.2, 0.25) is 0 Å². The number of carbonyl (C=O) groups is 8. The minimum absolute atomic E-state index is 0.590. The fourth-order valence-electron chi connectivity index (χ4n) is 4.73. The molecule has 19 heteroatoms. The van der Waals surface area contributed by atoms with Crippen LogP contribution in [0.3, 0.4) is 0 Å². The van der Waals surface area contributed by atoms with E-state index in [9.17, 15) is 38.4 Å². The van der Waals surface area contributed by atoms with E-state index in [4.69, 9.17) is 52.1 Å². The van der Waals surface area contributed by atoms with Crippen LogP contribution in [0.5, 0.6) is 0 Å². The molecule has 0 bridgehead atoms. The standard InChI is InChI=1S/C28H38O19/c1-11(29)37-9-19-21(39-13(3)31)23(40-14(4)32)26(43-17(7)35)28(46-19)47-22-20(10-38-12(2)30)45-27(44-18(8)36)25(42-16(6)34)24(22)41-15(5)33/h19-28H,9-10H2,1-8H3/t19-,20+,21-,22+,23+,24-,25+,26-,27-,28-/m1/s1. The second-order valence-electron chi connectivity index (χ2n) is 10.3. The molecule has 0 N–H and O–H groups in total. The molecule has 0 saturated carbocycles. The highest BCUT2D eigenvalue weighted by Gasteiger charge is 2.58. The summed E-state index contributed by atoms with van der Waals surface area (Å²) in [4.78, 5) is 96.3. The van der Waals surface area contributed by atoms with E-state index in [0.717, 1.165) is 55.4 Å². The maximum absolute atomic E-state index is 12.3. The predicted octanol–water partition coefficient (Wildman–Crippen LogP) is -0.831. The first-order chi connectivity index (χ1) is 21.9. The van der Waals surface area contributed by atoms with E-state index >= 15 is 0 Å². The lowest BCUT2D eigenvalue weighted by atomic mass is 9.96. The molecule has 264 valence electrons. The van der Waals surface area contributed by atoms with Gasteiger partial charge in [0, 0.05) is 55.4 Å². The third kappa shape index (κ3) is 12.1. The Morgan fingerprint density at radius 3 is 1.11 bits per heavy atom. The zero-order valence-corrected chi connectivity index (χ0v) is 26.9. The van der Waals surface area contributed by atoms with Crippen molar-refractivity contribution < 1.29 is 90.5 Å². The van der Waals surface area contributed by atoms with Crippen molar-refractivity contribution in [2.45, 2.75) is 117 Å². The van der Waals surface area contributed by atoms with Gasteiger partial charge in [0.15, 0.2) is 30.7 Å². The molecule has 2 heterocycles. The van der Waals surface area contributed by atoms with E-state index in [0.29, 0.717) is 0 Å². The van der Waals surface area contributed by atoms with Crippen LogP contribution in [0.1, 0.15) is 55.4 Å². The van der Waals surface area contributed by atoms with E-state index < -0.39 is 122 Å². The molecular weight excluding hydrogens is 640 g/mol. The average molecular weight is 679 g/mol. The first-order valence-corrected chi connectivity index (χ1v) is 14.2. The van der Waals surface area contributed by atoms with Gasteiger partial charge in [0.1, 0.15) is 31.5 Å². The Bertz CT molecular complexity index is 1200. The molecule has 2 aliphatic heterocycles. The van der Waals surface area contributed by atoms with Crippen molar-refractivity contribution in [1.29, 1.82) is 0 Å². The van der Waals surface area contributed by atoms with Gasteiger partial charge >= 0.3 is 47.8 Å². The van der Waals surface area contributed by atoms with Gasteiger partial charge in [-0.1, -0.05) is 0 Å². The fourth-order valence-corrected chi connectivity index (χ4v) is 4.73. The van der Waals surface area contributed by atoms with Gasteiger partial charge in [-0.15, -0.1) is 0 Å². The van der Waals surface area contributed by atoms with Gasteiger partial charge < -0.3 is 52.1 Å². The van der Waals surface area contributed by atoms with Crippen molar-refractivity contribution in [1.82, 2.24) is 0 Å². The number of carbonyl (C=O) groups excluding carboxylic acids is 8. The molecular formula is C28H38O19. The number of hydrogen-bond acceptors (Lipinski definition) is 19. The summed E-state index contributed by atoms with van der Waals surface area (Å²) < 4.78 is 60.2. The maximum atomic E-state index is 12.3. The lowest BCUT2D eigenvalue weighted by molar-refractivity contribution is -0.357. The van der Waals surface area contributed by atoms with Crippen LogP contribution in [0.25, 0.3) is 0 Å². The van der Waals surface area contributed by atoms with E-state index in [1.54, 1.807) is 0 Å². The zero-order chi connectivity index (χ0) is 35.6. The van der Waals surface area contributed by atoms with E-state index in [1.807, 2.05) is 0 Å². The molecule has 0 unspecified atom stereocenters. The summed E-state index contributed by atoms with van der Waals surface area (Å²) in [7, 11) is 0. The molecule has 0 spiro atoms. The average Bonchev–Trinajstić information content (AvgIpc) is 2.91. The van der Waals surface area contributed by atoms with Gasteiger partial charge in [0.25, 0.3) is 0 Å². The molecule has 2 fully saturated rings. The Labute approximate surface area is 268 Å². The maximum Gasteiger partial charge on any atom is 0.305 e. The van der Waals surface area contributed by atoms with Gasteiger partial charge in [0.05, 0.1) is 0 Å². The summed E-state index contributed by atoms with van der Waals surface area (Å²) in [6, 6.07) is 0. The van der Waals surface area contributed by atoms with Gasteiger partial charge in [-0.2, -0.15) is 0 Å². The van der Waals surface area contributed by atoms with Crippen LogP contribution in [0, 0.1) is 0 Å². The Hall–Kier alpha value is -4.36. The SMILES string of the molecule is CC(=O)OC[C@@H]1O[C@@H](OC(C)=O)[C@@H](OC(C)=O)[C@H](OC(C)=O)[C@H]1O[C@H]1O[C@H](COC(C)=O)[C@@H](OC(C)=O)[C@H](OC(C)=O)[C@H]1OC(C)=O. The molecule has 2 rings (SSSR count). The van der Waals surface area contributed by atoms with Crippen molar-refractivity contribution in [2.75, 3.05) is 13.2 Å². The molecule has 47 heavy (non-hydrogen) atoms. The van der Waals surface area contributed by atoms with Crippen molar-refractivity contribution in [2.24, 2.45) is 0 Å². The first kappa shape index (κ1) is 38.8. The molecule has 0 aliphatic carbocycles. The molecule has 2 aliphatic rings. The second kappa shape index (κ2) is 17.5. The molecule has 2 saturated heterocycles. The molecule has 0 aromatic rings. The monoisotopic (exact) mass is 678 g/mol. The van der Waals surface area contributed by atoms with Gasteiger partial charge in [-0.25, -0.2) is 0 Å². The van der Waals surface area contributed by atoms with Crippen molar-refractivity contribution in [3.63, 3.8) is 0 Å². The number of ether oxygens (including phenoxy) is 11. The predicted molar refractivity (Wildman–Crippen MR) is 145 cm³/mol. The lowest BCUT2D eigenvalue weighted by Gasteiger charge is -2.48. The van der Waals surface area contributed by atoms with Crippen LogP contribution in [-0.2, 0) is 90.5 Å². The van der Waals surface area contributed by atoms with Crippen molar-refractivity contribution in [3.8, 4) is 0 Å². The third-order valence-electron chi connectivity index (χ3n) is 6.17. The lowest BCUT2D eigenvalue weighted by Crippen LogP contribution is -2.67. The zero-order valence-electron chi connectivity index (χ0n) is 26.9. The minimum atomic E-state index is -1.83. The summed E-state index contributed by atoms with van der Waals surface area (Å²) in [6.45, 7) is 7.05. The number of esters is 8. The molecule has 0 aromatic heterocycles. The van der Waals surface area contributed by atoms with Gasteiger partial charge in [-0.3, -0.25) is 38.4 Å². The summed E-state index contributed by atoms with van der Waals surface area (Å²) >= 11 is 0. The Morgan fingerprint density at radius 2 is 0.702 bits per heavy atom. The summed E-state index contributed by atoms with van der Waals surface area (Å²) in [5.74, 6) is -7.02. The van der Waals surface area contributed by atoms with Crippen molar-refractivity contribution >= 4 is 47.8 Å². The van der Waals surface area contributed by atoms with Crippen LogP contribution < -0.4 is 0 Å². The summed E-state index contributed by atoms with van der Waals surface area (Å²) in [5, 5.41) is 0. The molecule has 0 radical (unpaired) electrons. The van der Waals surface area contributed by atoms with Crippen LogP contribution >= 0.6 is 0 Å². The minimum Gasteiger partial charge on any atom is -0.463 e. The largest absolute Gasteiger partial charge is 0.463 e. The highest BCUT2D eigenvalue weighted by molar-refractivity contribution is 5.70. The molecule has 0 amide bonds. The first-order valence-electron chi connectivity index (χ1n) is 14.2. The van der Waals surface area contributed by atoms with Gasteiger partial charge in [-0.05, 0) is 0 Å². The van der Waals surface area contributed by atoms with Crippen LogP contribution in [-0.4, -0.2) is 122 Å². The van der Waals surface area contributed by atoms with Crippen molar-refractivity contribution in [3.05, 3.63) is 0 Å². The van der Waals surface area contributed by atoms with E-state index in [2.05, 4.69) is 0 Å². The number of hydrogen-bond donors (Lipinski definition) is 0. The normalized spacial score (nSPS) is 30.0. The fraction of sp³-hybridized carbons (Fsp3) is 0.714. The van der Waals surface area contributed by atoms with E-state index in [-0.39, 0.29) is 0 Å². The molecule has 0 aromatic carbocycles. The summed E-state index contributed by atoms with van der Waals surface area (Å²) in [5.41, 5.74) is 0. The van der Waals surface area contributed by atoms with Crippen LogP contribution in [0.4, 0.5) is 0 Å². The Kier molecular flexibility index (Phi) is 14.5. The Morgan fingerprint density at radius 1 is 0.383 bits per heavy atom. The second-order valence-corrected chi connectivity index (χ2v) is 10.3.